The molecule has 8 nitrogen and oxygen atoms in total. The molecule has 1 heterocycles. The molecule has 13 heteroatoms. The summed E-state index contributed by atoms with van der Waals surface area (Å²) in [5.41, 5.74) is -4.51. The number of hydrogen-bond acceptors (Lipinski definition) is 6. The molecular formula is C22H16ClF4N2O6-. The van der Waals surface area contributed by atoms with Crippen molar-refractivity contribution < 1.29 is 36.9 Å². The second-order valence-corrected chi connectivity index (χ2v) is 7.70. The van der Waals surface area contributed by atoms with Crippen LogP contribution in [0.5, 0.6) is 11.5 Å². The lowest BCUT2D eigenvalue weighted by Crippen LogP contribution is -2.41. The molecule has 0 saturated heterocycles. The van der Waals surface area contributed by atoms with E-state index in [9.17, 15) is 37.1 Å². The highest BCUT2D eigenvalue weighted by atomic mass is 35.5. The summed E-state index contributed by atoms with van der Waals surface area (Å²) in [6.07, 6.45) is -6.19. The number of carboxylic acids is 1. The van der Waals surface area contributed by atoms with Gasteiger partial charge >= 0.3 is 11.9 Å². The van der Waals surface area contributed by atoms with Crippen LogP contribution in [0.3, 0.4) is 0 Å². The van der Waals surface area contributed by atoms with Gasteiger partial charge in [0.15, 0.2) is 0 Å². The molecule has 0 aliphatic heterocycles. The number of carbonyl (C=O) groups is 1. The Morgan fingerprint density at radius 1 is 1.17 bits per heavy atom. The number of hydrogen-bond donors (Lipinski definition) is 0. The number of nitrogens with zero attached hydrogens (tertiary/aromatic N) is 2. The van der Waals surface area contributed by atoms with Gasteiger partial charge in [0, 0.05) is 19.2 Å². The number of carboxylic acid groups (broad SMARTS) is 1. The van der Waals surface area contributed by atoms with Crippen LogP contribution in [0.15, 0.2) is 52.1 Å². The van der Waals surface area contributed by atoms with Gasteiger partial charge in [0.25, 0.3) is 5.56 Å². The first-order valence-electron chi connectivity index (χ1n) is 9.78. The van der Waals surface area contributed by atoms with Crippen LogP contribution in [-0.4, -0.2) is 21.2 Å². The van der Waals surface area contributed by atoms with Crippen LogP contribution < -0.4 is 25.8 Å². The molecule has 0 N–H and O–H groups in total. The average molecular weight is 516 g/mol. The maximum absolute atomic E-state index is 14.6. The lowest BCUT2D eigenvalue weighted by atomic mass is 10.2. The number of halogens is 5. The lowest BCUT2D eigenvalue weighted by Gasteiger charge is -2.17. The summed E-state index contributed by atoms with van der Waals surface area (Å²) in [5.74, 6) is -2.53. The summed E-state index contributed by atoms with van der Waals surface area (Å²) in [6, 6.07) is 7.95. The minimum atomic E-state index is -4.98. The summed E-state index contributed by atoms with van der Waals surface area (Å²) in [5, 5.41) is 10.6. The van der Waals surface area contributed by atoms with Gasteiger partial charge in [0.1, 0.15) is 35.7 Å². The summed E-state index contributed by atoms with van der Waals surface area (Å²) in [7, 11) is 0.794. The van der Waals surface area contributed by atoms with Crippen molar-refractivity contribution in [2.75, 3.05) is 0 Å². The largest absolute Gasteiger partial charge is 0.546 e. The van der Waals surface area contributed by atoms with Crippen LogP contribution in [0.4, 0.5) is 17.6 Å². The number of aliphatic carboxylic acids is 1. The topological polar surface area (TPSA) is 103 Å². The van der Waals surface area contributed by atoms with Crippen LogP contribution in [-0.2, 0) is 24.6 Å². The van der Waals surface area contributed by atoms with E-state index in [1.54, 1.807) is 12.1 Å². The molecular weight excluding hydrogens is 500 g/mol. The molecule has 0 spiro atoms. The molecule has 0 amide bonds. The highest BCUT2D eigenvalue weighted by Gasteiger charge is 2.35. The summed E-state index contributed by atoms with van der Waals surface area (Å²) < 4.78 is 65.0. The highest BCUT2D eigenvalue weighted by Crippen LogP contribution is 2.31. The van der Waals surface area contributed by atoms with E-state index in [0.717, 1.165) is 19.2 Å². The zero-order chi connectivity index (χ0) is 26.1. The van der Waals surface area contributed by atoms with Crippen molar-refractivity contribution in [1.82, 2.24) is 9.13 Å². The minimum Gasteiger partial charge on any atom is -0.546 e. The van der Waals surface area contributed by atoms with Gasteiger partial charge in [0.2, 0.25) is 0 Å². The molecule has 2 aromatic carbocycles. The van der Waals surface area contributed by atoms with Gasteiger partial charge in [-0.3, -0.25) is 9.36 Å². The van der Waals surface area contributed by atoms with Crippen molar-refractivity contribution in [2.24, 2.45) is 7.05 Å². The van der Waals surface area contributed by atoms with E-state index in [4.69, 9.17) is 21.1 Å². The first kappa shape index (κ1) is 25.8. The van der Waals surface area contributed by atoms with Crippen molar-refractivity contribution in [3.63, 3.8) is 0 Å². The molecule has 0 fully saturated rings. The van der Waals surface area contributed by atoms with Crippen LogP contribution in [0.1, 0.15) is 18.2 Å². The molecule has 1 unspecified atom stereocenters. The fourth-order valence-corrected chi connectivity index (χ4v) is 3.25. The van der Waals surface area contributed by atoms with Crippen LogP contribution in [0, 0.1) is 5.82 Å². The highest BCUT2D eigenvalue weighted by molar-refractivity contribution is 6.32. The van der Waals surface area contributed by atoms with E-state index in [1.165, 1.54) is 19.1 Å². The predicted octanol–water partition coefficient (Wildman–Crippen LogP) is 2.44. The van der Waals surface area contributed by atoms with Crippen molar-refractivity contribution >= 4 is 17.6 Å². The maximum atomic E-state index is 14.6. The van der Waals surface area contributed by atoms with Crippen molar-refractivity contribution in [2.45, 2.75) is 25.8 Å². The molecule has 3 aromatic rings. The van der Waals surface area contributed by atoms with Crippen LogP contribution >= 0.6 is 11.6 Å². The molecule has 1 aromatic heterocycles. The van der Waals surface area contributed by atoms with E-state index in [0.29, 0.717) is 5.56 Å². The Morgan fingerprint density at radius 3 is 2.49 bits per heavy atom. The zero-order valence-electron chi connectivity index (χ0n) is 18.1. The lowest BCUT2D eigenvalue weighted by molar-refractivity contribution is -0.312. The summed E-state index contributed by atoms with van der Waals surface area (Å²) in [4.78, 5) is 35.6. The normalized spacial score (nSPS) is 12.3. The Morgan fingerprint density at radius 2 is 1.86 bits per heavy atom. The average Bonchev–Trinajstić information content (AvgIpc) is 2.76. The summed E-state index contributed by atoms with van der Waals surface area (Å²) >= 11 is 6.00. The third-order valence-electron chi connectivity index (χ3n) is 4.79. The fourth-order valence-electron chi connectivity index (χ4n) is 3.04. The number of benzene rings is 2. The number of rotatable bonds is 7. The van der Waals surface area contributed by atoms with E-state index in [2.05, 4.69) is 0 Å². The van der Waals surface area contributed by atoms with E-state index in [1.807, 2.05) is 0 Å². The van der Waals surface area contributed by atoms with E-state index < -0.39 is 46.7 Å². The molecule has 0 aliphatic rings. The molecule has 1 atom stereocenters. The minimum absolute atomic E-state index is 0.175. The fraction of sp³-hybridized carbons (Fsp3) is 0.227. The predicted molar refractivity (Wildman–Crippen MR) is 113 cm³/mol. The van der Waals surface area contributed by atoms with Crippen molar-refractivity contribution in [1.29, 1.82) is 0 Å². The van der Waals surface area contributed by atoms with Crippen molar-refractivity contribution in [3.8, 4) is 17.2 Å². The standard InChI is InChI=1S/C22H17ClF4N2O6/c1-11(20(31)32)35-13-5-3-4-12(6-13)10-34-17-8-16(15(24)7-14(17)23)29-19(30)9-18(22(25,26)27)28(2)21(29)33/h3-9,11H,10H2,1-2H3,(H,31,32)/p-1. The third-order valence-corrected chi connectivity index (χ3v) is 5.09. The van der Waals surface area contributed by atoms with Gasteiger partial charge in [-0.05, 0) is 30.7 Å². The summed E-state index contributed by atoms with van der Waals surface area (Å²) in [6.45, 7) is 1.10. The Balaban J connectivity index is 1.95. The van der Waals surface area contributed by atoms with Gasteiger partial charge in [-0.2, -0.15) is 13.2 Å². The van der Waals surface area contributed by atoms with E-state index >= 15 is 0 Å². The third kappa shape index (κ3) is 5.65. The number of aromatic nitrogens is 2. The number of alkyl halides is 3. The van der Waals surface area contributed by atoms with Gasteiger partial charge in [-0.15, -0.1) is 0 Å². The molecule has 0 radical (unpaired) electrons. The van der Waals surface area contributed by atoms with Gasteiger partial charge in [-0.1, -0.05) is 23.7 Å². The molecule has 0 bridgehead atoms. The quantitative estimate of drug-likeness (QED) is 0.448. The first-order valence-corrected chi connectivity index (χ1v) is 10.2. The zero-order valence-corrected chi connectivity index (χ0v) is 18.8. The smallest absolute Gasteiger partial charge is 0.431 e. The molecule has 0 aliphatic carbocycles. The van der Waals surface area contributed by atoms with Crippen molar-refractivity contribution in [3.05, 3.63) is 85.4 Å². The molecule has 3 rings (SSSR count). The monoisotopic (exact) mass is 515 g/mol. The Kier molecular flexibility index (Phi) is 7.25. The number of carbonyl (C=O) groups excluding carboxylic acids is 1. The Bertz CT molecular complexity index is 1400. The number of ether oxygens (including phenoxy) is 2. The van der Waals surface area contributed by atoms with Gasteiger partial charge in [0.05, 0.1) is 16.7 Å². The van der Waals surface area contributed by atoms with Crippen LogP contribution in [0.2, 0.25) is 5.02 Å². The van der Waals surface area contributed by atoms with Crippen LogP contribution in [0.25, 0.3) is 5.69 Å². The SMILES string of the molecule is CC(Oc1cccc(COc2cc(-n3c(=O)cc(C(F)(F)F)n(C)c3=O)c(F)cc2Cl)c1)C(=O)[O-]. The second kappa shape index (κ2) is 9.82. The van der Waals surface area contributed by atoms with E-state index in [-0.39, 0.29) is 38.3 Å². The first-order chi connectivity index (χ1) is 16.3. The molecule has 186 valence electrons. The van der Waals surface area contributed by atoms with Gasteiger partial charge in [-0.25, -0.2) is 13.8 Å². The van der Waals surface area contributed by atoms with Gasteiger partial charge < -0.3 is 19.4 Å². The maximum Gasteiger partial charge on any atom is 0.431 e. The molecule has 0 saturated carbocycles. The second-order valence-electron chi connectivity index (χ2n) is 7.29. The molecule has 35 heavy (non-hydrogen) atoms. The Hall–Kier alpha value is -3.80. The Labute approximate surface area is 199 Å².